The van der Waals surface area contributed by atoms with Crippen molar-refractivity contribution >= 4 is 34.7 Å². The van der Waals surface area contributed by atoms with E-state index in [4.69, 9.17) is 9.47 Å². The molecule has 172 valence electrons. The lowest BCUT2D eigenvalue weighted by Gasteiger charge is -2.37. The Morgan fingerprint density at radius 1 is 0.970 bits per heavy atom. The maximum Gasteiger partial charge on any atom is 0.282 e. The van der Waals surface area contributed by atoms with Crippen LogP contribution in [0, 0.1) is 0 Å². The van der Waals surface area contributed by atoms with Gasteiger partial charge in [0.25, 0.3) is 11.8 Å². The zero-order valence-corrected chi connectivity index (χ0v) is 19.1. The molecule has 8 nitrogen and oxygen atoms in total. The third-order valence-electron chi connectivity index (χ3n) is 5.62. The highest BCUT2D eigenvalue weighted by atomic mass is 16.5. The number of morpholine rings is 1. The summed E-state index contributed by atoms with van der Waals surface area (Å²) in [7, 11) is 1.58. The van der Waals surface area contributed by atoms with Gasteiger partial charge in [0.15, 0.2) is 0 Å². The van der Waals surface area contributed by atoms with Gasteiger partial charge in [0.2, 0.25) is 5.91 Å². The number of benzene rings is 2. The SMILES string of the molecule is COc1ccc(C2=C(N3CC(C)OC(C)C3)C(=O)N(c3ccc(NC(C)=O)cc3)C2=O)cc1. The fraction of sp³-hybridized carbons (Fsp3) is 0.320. The summed E-state index contributed by atoms with van der Waals surface area (Å²) >= 11 is 0. The van der Waals surface area contributed by atoms with Gasteiger partial charge in [-0.15, -0.1) is 0 Å². The van der Waals surface area contributed by atoms with E-state index in [-0.39, 0.29) is 29.9 Å². The van der Waals surface area contributed by atoms with Crippen molar-refractivity contribution in [2.75, 3.05) is 30.4 Å². The van der Waals surface area contributed by atoms with Crippen molar-refractivity contribution in [3.8, 4) is 5.75 Å². The number of imide groups is 1. The van der Waals surface area contributed by atoms with Crippen molar-refractivity contribution in [1.29, 1.82) is 0 Å². The maximum absolute atomic E-state index is 13.7. The predicted molar refractivity (Wildman–Crippen MR) is 125 cm³/mol. The van der Waals surface area contributed by atoms with Crippen molar-refractivity contribution in [2.45, 2.75) is 33.0 Å². The van der Waals surface area contributed by atoms with Crippen molar-refractivity contribution < 1.29 is 23.9 Å². The molecule has 8 heteroatoms. The van der Waals surface area contributed by atoms with E-state index in [9.17, 15) is 14.4 Å². The first-order valence-corrected chi connectivity index (χ1v) is 10.8. The van der Waals surface area contributed by atoms with E-state index in [1.54, 1.807) is 55.6 Å². The Balaban J connectivity index is 1.76. The lowest BCUT2D eigenvalue weighted by atomic mass is 10.0. The molecule has 2 aliphatic rings. The summed E-state index contributed by atoms with van der Waals surface area (Å²) < 4.78 is 11.1. The second-order valence-electron chi connectivity index (χ2n) is 8.29. The molecule has 0 aliphatic carbocycles. The average molecular weight is 450 g/mol. The summed E-state index contributed by atoms with van der Waals surface area (Å²) in [6, 6.07) is 13.8. The summed E-state index contributed by atoms with van der Waals surface area (Å²) in [5.74, 6) is -0.298. The first-order valence-electron chi connectivity index (χ1n) is 10.8. The van der Waals surface area contributed by atoms with Gasteiger partial charge in [0, 0.05) is 25.7 Å². The molecule has 2 aliphatic heterocycles. The minimum absolute atomic E-state index is 0.0766. The molecule has 2 unspecified atom stereocenters. The first kappa shape index (κ1) is 22.5. The highest BCUT2D eigenvalue weighted by Crippen LogP contribution is 2.36. The van der Waals surface area contributed by atoms with Gasteiger partial charge < -0.3 is 19.7 Å². The Morgan fingerprint density at radius 3 is 2.12 bits per heavy atom. The third-order valence-corrected chi connectivity index (χ3v) is 5.62. The van der Waals surface area contributed by atoms with E-state index in [0.717, 1.165) is 0 Å². The van der Waals surface area contributed by atoms with E-state index in [1.807, 2.05) is 18.7 Å². The summed E-state index contributed by atoms with van der Waals surface area (Å²) in [5.41, 5.74) is 2.40. The predicted octanol–water partition coefficient (Wildman–Crippen LogP) is 3.05. The molecule has 0 spiro atoms. The van der Waals surface area contributed by atoms with Gasteiger partial charge in [-0.25, -0.2) is 4.90 Å². The van der Waals surface area contributed by atoms with Crippen molar-refractivity contribution in [3.05, 3.63) is 59.8 Å². The Kier molecular flexibility index (Phi) is 6.20. The molecule has 0 aromatic heterocycles. The number of rotatable bonds is 5. The van der Waals surface area contributed by atoms with Crippen LogP contribution in [0.1, 0.15) is 26.3 Å². The van der Waals surface area contributed by atoms with Gasteiger partial charge in [0.1, 0.15) is 11.4 Å². The van der Waals surface area contributed by atoms with Gasteiger partial charge in [-0.05, 0) is 55.8 Å². The van der Waals surface area contributed by atoms with Crippen LogP contribution in [0.4, 0.5) is 11.4 Å². The Bertz CT molecular complexity index is 1100. The third kappa shape index (κ3) is 4.47. The number of carbonyl (C=O) groups is 3. The Morgan fingerprint density at radius 2 is 1.58 bits per heavy atom. The highest BCUT2D eigenvalue weighted by Gasteiger charge is 2.43. The average Bonchev–Trinajstić information content (AvgIpc) is 3.03. The number of carbonyl (C=O) groups excluding carboxylic acids is 3. The maximum atomic E-state index is 13.7. The minimum atomic E-state index is -0.390. The molecule has 0 bridgehead atoms. The zero-order valence-electron chi connectivity index (χ0n) is 19.1. The Labute approximate surface area is 192 Å². The fourth-order valence-corrected chi connectivity index (χ4v) is 4.32. The number of ether oxygens (including phenoxy) is 2. The van der Waals surface area contributed by atoms with Crippen LogP contribution in [0.15, 0.2) is 54.2 Å². The molecule has 2 aromatic carbocycles. The van der Waals surface area contributed by atoms with Crippen LogP contribution in [0.2, 0.25) is 0 Å². The monoisotopic (exact) mass is 449 g/mol. The highest BCUT2D eigenvalue weighted by molar-refractivity contribution is 6.45. The second-order valence-corrected chi connectivity index (χ2v) is 8.29. The molecule has 1 saturated heterocycles. The van der Waals surface area contributed by atoms with E-state index < -0.39 is 0 Å². The molecule has 1 fully saturated rings. The molecule has 2 aromatic rings. The van der Waals surface area contributed by atoms with Crippen LogP contribution < -0.4 is 15.0 Å². The normalized spacial score (nSPS) is 21.0. The van der Waals surface area contributed by atoms with Crippen LogP contribution >= 0.6 is 0 Å². The smallest absolute Gasteiger partial charge is 0.282 e. The number of nitrogens with zero attached hydrogens (tertiary/aromatic N) is 2. The summed E-state index contributed by atoms with van der Waals surface area (Å²) in [6.07, 6.45) is -0.153. The summed E-state index contributed by atoms with van der Waals surface area (Å²) in [5, 5.41) is 2.69. The minimum Gasteiger partial charge on any atom is -0.497 e. The number of hydrogen-bond donors (Lipinski definition) is 1. The molecule has 0 radical (unpaired) electrons. The van der Waals surface area contributed by atoms with Crippen LogP contribution in [0.3, 0.4) is 0 Å². The van der Waals surface area contributed by atoms with Crippen molar-refractivity contribution in [1.82, 2.24) is 4.90 Å². The molecule has 0 saturated carbocycles. The molecule has 33 heavy (non-hydrogen) atoms. The fourth-order valence-electron chi connectivity index (χ4n) is 4.32. The van der Waals surface area contributed by atoms with E-state index >= 15 is 0 Å². The van der Waals surface area contributed by atoms with Crippen molar-refractivity contribution in [2.24, 2.45) is 0 Å². The number of nitrogens with one attached hydrogen (secondary N) is 1. The molecule has 2 heterocycles. The van der Waals surface area contributed by atoms with E-state index in [1.165, 1.54) is 11.8 Å². The molecular weight excluding hydrogens is 422 g/mol. The topological polar surface area (TPSA) is 88.2 Å². The number of methoxy groups -OCH3 is 1. The first-order chi connectivity index (χ1) is 15.8. The summed E-state index contributed by atoms with van der Waals surface area (Å²) in [6.45, 7) is 6.34. The molecule has 2 atom stereocenters. The van der Waals surface area contributed by atoms with E-state index in [0.29, 0.717) is 47.0 Å². The van der Waals surface area contributed by atoms with Gasteiger partial charge >= 0.3 is 0 Å². The largest absolute Gasteiger partial charge is 0.497 e. The van der Waals surface area contributed by atoms with E-state index in [2.05, 4.69) is 5.32 Å². The Hall–Kier alpha value is -3.65. The number of hydrogen-bond acceptors (Lipinski definition) is 6. The van der Waals surface area contributed by atoms with Crippen LogP contribution in [0.5, 0.6) is 5.75 Å². The van der Waals surface area contributed by atoms with Crippen molar-refractivity contribution in [3.63, 3.8) is 0 Å². The van der Waals surface area contributed by atoms with Gasteiger partial charge in [-0.2, -0.15) is 0 Å². The van der Waals surface area contributed by atoms with Crippen LogP contribution in [-0.4, -0.2) is 55.0 Å². The molecule has 4 rings (SSSR count). The van der Waals surface area contributed by atoms with Gasteiger partial charge in [-0.1, -0.05) is 12.1 Å². The van der Waals surface area contributed by atoms with Gasteiger partial charge in [0.05, 0.1) is 30.6 Å². The lowest BCUT2D eigenvalue weighted by Crippen LogP contribution is -2.47. The van der Waals surface area contributed by atoms with Crippen LogP contribution in [-0.2, 0) is 19.1 Å². The number of anilines is 2. The van der Waals surface area contributed by atoms with Crippen LogP contribution in [0.25, 0.3) is 5.57 Å². The summed E-state index contributed by atoms with van der Waals surface area (Å²) in [4.78, 5) is 41.8. The molecule has 1 N–H and O–H groups in total. The standard InChI is InChI=1S/C25H27N3O5/c1-15-13-27(14-16(2)33-15)23-22(18-5-11-21(32-4)12-6-18)24(30)28(25(23)31)20-9-7-19(8-10-20)26-17(3)29/h5-12,15-16H,13-14H2,1-4H3,(H,26,29). The second kappa shape index (κ2) is 9.07. The molecule has 3 amide bonds. The lowest BCUT2D eigenvalue weighted by molar-refractivity contribution is -0.121. The zero-order chi connectivity index (χ0) is 23.7. The van der Waals surface area contributed by atoms with Gasteiger partial charge in [-0.3, -0.25) is 14.4 Å². The quantitative estimate of drug-likeness (QED) is 0.706. The molecular formula is C25H27N3O5. The number of amides is 3.